The highest BCUT2D eigenvalue weighted by Crippen LogP contribution is 2.09. The molecular formula is C12H24O2. The average Bonchev–Trinajstić information content (AvgIpc) is 2.14. The molecule has 0 rings (SSSR count). The van der Waals surface area contributed by atoms with Gasteiger partial charge in [-0.25, -0.2) is 4.79 Å². The maximum absolute atomic E-state index is 9.60. The quantitative estimate of drug-likeness (QED) is 0.684. The van der Waals surface area contributed by atoms with Gasteiger partial charge in [0.15, 0.2) is 0 Å². The predicted octanol–water partition coefficient (Wildman–Crippen LogP) is 3.87. The number of hydrogen-bond acceptors (Lipinski definition) is 1. The molecule has 2 heteroatoms. The fourth-order valence-electron chi connectivity index (χ4n) is 0.757. The van der Waals surface area contributed by atoms with Gasteiger partial charge in [-0.1, -0.05) is 53.0 Å². The van der Waals surface area contributed by atoms with Crippen molar-refractivity contribution in [1.29, 1.82) is 0 Å². The van der Waals surface area contributed by atoms with Gasteiger partial charge < -0.3 is 5.11 Å². The van der Waals surface area contributed by atoms with Crippen LogP contribution in [0.3, 0.4) is 0 Å². The zero-order valence-corrected chi connectivity index (χ0v) is 9.97. The summed E-state index contributed by atoms with van der Waals surface area (Å²) in [5.41, 5.74) is 0.176. The van der Waals surface area contributed by atoms with E-state index in [4.69, 9.17) is 5.11 Å². The first-order valence-electron chi connectivity index (χ1n) is 5.34. The van der Waals surface area contributed by atoms with Gasteiger partial charge in [0.2, 0.25) is 0 Å². The molecule has 0 aliphatic heterocycles. The molecule has 1 N–H and O–H groups in total. The monoisotopic (exact) mass is 200 g/mol. The lowest BCUT2D eigenvalue weighted by atomic mass is 10.0. The standard InChI is InChI=1S/C8H18.C4H6O2/c1-4-6-7-8(3)5-2;1-3(2)4(5)6/h8H,4-7H2,1-3H3;1H2,2H3,(H,5,6). The number of carboxylic acid groups (broad SMARTS) is 1. The second-order valence-electron chi connectivity index (χ2n) is 3.74. The van der Waals surface area contributed by atoms with Crippen molar-refractivity contribution in [3.63, 3.8) is 0 Å². The Morgan fingerprint density at radius 2 is 1.86 bits per heavy atom. The van der Waals surface area contributed by atoms with E-state index >= 15 is 0 Å². The lowest BCUT2D eigenvalue weighted by Crippen LogP contribution is -1.92. The highest BCUT2D eigenvalue weighted by Gasteiger charge is 1.94. The van der Waals surface area contributed by atoms with E-state index in [-0.39, 0.29) is 5.57 Å². The Hall–Kier alpha value is -0.790. The molecule has 0 aromatic heterocycles. The van der Waals surface area contributed by atoms with E-state index in [1.54, 1.807) is 0 Å². The minimum atomic E-state index is -0.935. The predicted molar refractivity (Wildman–Crippen MR) is 61.4 cm³/mol. The largest absolute Gasteiger partial charge is 0.478 e. The molecule has 0 aliphatic rings. The Kier molecular flexibility index (Phi) is 11.5. The number of carbonyl (C=O) groups is 1. The summed E-state index contributed by atoms with van der Waals surface area (Å²) in [7, 11) is 0. The lowest BCUT2D eigenvalue weighted by Gasteiger charge is -2.04. The number of hydrogen-bond donors (Lipinski definition) is 1. The molecule has 0 saturated heterocycles. The molecule has 84 valence electrons. The topological polar surface area (TPSA) is 37.3 Å². The summed E-state index contributed by atoms with van der Waals surface area (Å²) in [6.45, 7) is 11.4. The van der Waals surface area contributed by atoms with Crippen LogP contribution in [0.25, 0.3) is 0 Å². The number of rotatable bonds is 5. The van der Waals surface area contributed by atoms with Crippen LogP contribution in [0.2, 0.25) is 0 Å². The van der Waals surface area contributed by atoms with Gasteiger partial charge in [0.05, 0.1) is 0 Å². The third-order valence-electron chi connectivity index (χ3n) is 2.11. The van der Waals surface area contributed by atoms with Gasteiger partial charge in [0.1, 0.15) is 0 Å². The minimum absolute atomic E-state index is 0.176. The van der Waals surface area contributed by atoms with Crippen molar-refractivity contribution in [3.8, 4) is 0 Å². The molecule has 0 bridgehead atoms. The van der Waals surface area contributed by atoms with E-state index in [0.29, 0.717) is 0 Å². The minimum Gasteiger partial charge on any atom is -0.478 e. The maximum atomic E-state index is 9.60. The highest BCUT2D eigenvalue weighted by molar-refractivity contribution is 5.84. The molecule has 1 unspecified atom stereocenters. The van der Waals surface area contributed by atoms with Gasteiger partial charge in [0, 0.05) is 5.57 Å². The highest BCUT2D eigenvalue weighted by atomic mass is 16.4. The third-order valence-corrected chi connectivity index (χ3v) is 2.11. The second-order valence-corrected chi connectivity index (χ2v) is 3.74. The van der Waals surface area contributed by atoms with Crippen molar-refractivity contribution in [3.05, 3.63) is 12.2 Å². The molecule has 0 heterocycles. The van der Waals surface area contributed by atoms with E-state index in [1.165, 1.54) is 32.6 Å². The zero-order valence-electron chi connectivity index (χ0n) is 9.97. The molecule has 0 aliphatic carbocycles. The first-order chi connectivity index (χ1) is 6.45. The molecule has 0 fully saturated rings. The molecule has 1 atom stereocenters. The van der Waals surface area contributed by atoms with Crippen LogP contribution in [0.1, 0.15) is 53.4 Å². The lowest BCUT2D eigenvalue weighted by molar-refractivity contribution is -0.132. The van der Waals surface area contributed by atoms with Crippen molar-refractivity contribution in [2.45, 2.75) is 53.4 Å². The van der Waals surface area contributed by atoms with Gasteiger partial charge in [-0.15, -0.1) is 0 Å². The van der Waals surface area contributed by atoms with Crippen LogP contribution < -0.4 is 0 Å². The molecule has 0 spiro atoms. The fraction of sp³-hybridized carbons (Fsp3) is 0.750. The average molecular weight is 200 g/mol. The molecule has 2 nitrogen and oxygen atoms in total. The van der Waals surface area contributed by atoms with Crippen LogP contribution in [-0.4, -0.2) is 11.1 Å². The molecule has 0 aromatic rings. The Bertz CT molecular complexity index is 150. The van der Waals surface area contributed by atoms with Gasteiger partial charge >= 0.3 is 5.97 Å². The number of unbranched alkanes of at least 4 members (excludes halogenated alkanes) is 1. The van der Waals surface area contributed by atoms with Crippen LogP contribution in [0.4, 0.5) is 0 Å². The van der Waals surface area contributed by atoms with Crippen molar-refractivity contribution >= 4 is 5.97 Å². The Balaban J connectivity index is 0. The van der Waals surface area contributed by atoms with Gasteiger partial charge in [-0.05, 0) is 12.8 Å². The number of carboxylic acids is 1. The second kappa shape index (κ2) is 10.3. The van der Waals surface area contributed by atoms with E-state index in [1.807, 2.05) is 0 Å². The summed E-state index contributed by atoms with van der Waals surface area (Å²) >= 11 is 0. The summed E-state index contributed by atoms with van der Waals surface area (Å²) in [6, 6.07) is 0. The van der Waals surface area contributed by atoms with Gasteiger partial charge in [-0.3, -0.25) is 0 Å². The summed E-state index contributed by atoms with van der Waals surface area (Å²) in [5.74, 6) is 0.0185. The maximum Gasteiger partial charge on any atom is 0.330 e. The summed E-state index contributed by atoms with van der Waals surface area (Å²) in [5, 5.41) is 7.89. The third kappa shape index (κ3) is 13.8. The van der Waals surface area contributed by atoms with E-state index in [2.05, 4.69) is 27.4 Å². The Morgan fingerprint density at radius 1 is 1.43 bits per heavy atom. The van der Waals surface area contributed by atoms with Crippen molar-refractivity contribution in [2.75, 3.05) is 0 Å². The fourth-order valence-corrected chi connectivity index (χ4v) is 0.757. The molecule has 14 heavy (non-hydrogen) atoms. The smallest absolute Gasteiger partial charge is 0.330 e. The Morgan fingerprint density at radius 3 is 2.07 bits per heavy atom. The van der Waals surface area contributed by atoms with E-state index in [9.17, 15) is 4.79 Å². The summed E-state index contributed by atoms with van der Waals surface area (Å²) in [4.78, 5) is 9.60. The van der Waals surface area contributed by atoms with Crippen LogP contribution in [0, 0.1) is 5.92 Å². The van der Waals surface area contributed by atoms with Crippen molar-refractivity contribution in [1.82, 2.24) is 0 Å². The van der Waals surface area contributed by atoms with E-state index < -0.39 is 5.97 Å². The van der Waals surface area contributed by atoms with Crippen molar-refractivity contribution < 1.29 is 9.90 Å². The van der Waals surface area contributed by atoms with E-state index in [0.717, 1.165) is 5.92 Å². The normalized spacial score (nSPS) is 11.1. The molecular weight excluding hydrogens is 176 g/mol. The molecule has 0 amide bonds. The van der Waals surface area contributed by atoms with Crippen molar-refractivity contribution in [2.24, 2.45) is 5.92 Å². The zero-order chi connectivity index (χ0) is 11.6. The first-order valence-corrected chi connectivity index (χ1v) is 5.34. The summed E-state index contributed by atoms with van der Waals surface area (Å²) < 4.78 is 0. The Labute approximate surface area is 88.0 Å². The molecule has 0 aromatic carbocycles. The van der Waals surface area contributed by atoms with Crippen LogP contribution >= 0.6 is 0 Å². The first kappa shape index (κ1) is 15.7. The van der Waals surface area contributed by atoms with Crippen LogP contribution in [0.15, 0.2) is 12.2 Å². The number of aliphatic carboxylic acids is 1. The molecule has 0 radical (unpaired) electrons. The summed E-state index contributed by atoms with van der Waals surface area (Å²) in [6.07, 6.45) is 5.53. The van der Waals surface area contributed by atoms with Crippen LogP contribution in [0.5, 0.6) is 0 Å². The molecule has 0 saturated carbocycles. The van der Waals surface area contributed by atoms with Gasteiger partial charge in [0.25, 0.3) is 0 Å². The SMILES string of the molecule is C=C(C)C(=O)O.CCCCC(C)CC. The van der Waals surface area contributed by atoms with Gasteiger partial charge in [-0.2, -0.15) is 0 Å². The van der Waals surface area contributed by atoms with Crippen LogP contribution in [-0.2, 0) is 4.79 Å².